The molecule has 0 fully saturated rings. The molecule has 4 rings (SSSR count). The van der Waals surface area contributed by atoms with Crippen LogP contribution in [0.3, 0.4) is 0 Å². The third-order valence-corrected chi connectivity index (χ3v) is 5.55. The van der Waals surface area contributed by atoms with Gasteiger partial charge in [0.15, 0.2) is 5.82 Å². The number of aromatic nitrogens is 3. The first-order valence-corrected chi connectivity index (χ1v) is 10.2. The number of carbonyl (C=O) groups is 1. The van der Waals surface area contributed by atoms with Gasteiger partial charge in [-0.3, -0.25) is 4.79 Å². The van der Waals surface area contributed by atoms with Crippen LogP contribution < -0.4 is 5.32 Å². The summed E-state index contributed by atoms with van der Waals surface area (Å²) in [6, 6.07) is 8.90. The normalized spacial score (nSPS) is 16.1. The first kappa shape index (κ1) is 19.2. The average molecular weight is 481 g/mol. The van der Waals surface area contributed by atoms with Crippen LogP contribution in [0, 0.1) is 6.92 Å². The van der Waals surface area contributed by atoms with Crippen LogP contribution >= 0.6 is 39.1 Å². The number of aryl methyl sites for hydroxylation is 1. The minimum Gasteiger partial charge on any atom is -0.359 e. The van der Waals surface area contributed by atoms with Crippen molar-refractivity contribution in [2.45, 2.75) is 20.0 Å². The minimum absolute atomic E-state index is 0.0946. The SMILES string of the molecule is CCN1C(=O)c2cc(Cl)cc(C)c2NC1c1cc(Br)nn1-c1ncccc1Cl. The molecule has 6 nitrogen and oxygen atoms in total. The first-order chi connectivity index (χ1) is 13.4. The Labute approximate surface area is 180 Å². The van der Waals surface area contributed by atoms with Crippen LogP contribution in [-0.2, 0) is 0 Å². The Morgan fingerprint density at radius 2 is 2.07 bits per heavy atom. The van der Waals surface area contributed by atoms with E-state index in [0.717, 1.165) is 16.9 Å². The molecule has 1 N–H and O–H groups in total. The fraction of sp³-hybridized carbons (Fsp3) is 0.211. The number of anilines is 1. The van der Waals surface area contributed by atoms with Crippen LogP contribution in [0.1, 0.15) is 34.7 Å². The van der Waals surface area contributed by atoms with E-state index in [0.29, 0.717) is 32.6 Å². The fourth-order valence-corrected chi connectivity index (χ4v) is 4.28. The summed E-state index contributed by atoms with van der Waals surface area (Å²) >= 11 is 16.0. The molecule has 0 saturated carbocycles. The van der Waals surface area contributed by atoms with Gasteiger partial charge in [0.2, 0.25) is 0 Å². The van der Waals surface area contributed by atoms with E-state index in [1.54, 1.807) is 34.0 Å². The van der Waals surface area contributed by atoms with E-state index >= 15 is 0 Å². The molecule has 0 bridgehead atoms. The lowest BCUT2D eigenvalue weighted by Crippen LogP contribution is -2.43. The molecule has 9 heteroatoms. The predicted molar refractivity (Wildman–Crippen MR) is 113 cm³/mol. The van der Waals surface area contributed by atoms with Gasteiger partial charge in [0.1, 0.15) is 10.8 Å². The summed E-state index contributed by atoms with van der Waals surface area (Å²) in [5.41, 5.74) is 2.96. The average Bonchev–Trinajstić information content (AvgIpc) is 3.04. The summed E-state index contributed by atoms with van der Waals surface area (Å²) in [6.07, 6.45) is 1.21. The van der Waals surface area contributed by atoms with Crippen LogP contribution in [0.25, 0.3) is 5.82 Å². The number of benzene rings is 1. The number of amides is 1. The quantitative estimate of drug-likeness (QED) is 0.557. The third-order valence-electron chi connectivity index (χ3n) is 4.65. The fourth-order valence-electron chi connectivity index (χ4n) is 3.41. The number of rotatable bonds is 3. The molecule has 0 radical (unpaired) electrons. The van der Waals surface area contributed by atoms with Crippen molar-refractivity contribution in [1.82, 2.24) is 19.7 Å². The molecule has 1 aromatic carbocycles. The van der Waals surface area contributed by atoms with Crippen molar-refractivity contribution in [2.24, 2.45) is 0 Å². The highest BCUT2D eigenvalue weighted by Crippen LogP contribution is 2.38. The van der Waals surface area contributed by atoms with Crippen molar-refractivity contribution in [3.05, 3.63) is 68.0 Å². The molecule has 0 aliphatic carbocycles. The molecule has 0 saturated heterocycles. The largest absolute Gasteiger partial charge is 0.359 e. The highest BCUT2D eigenvalue weighted by Gasteiger charge is 2.35. The van der Waals surface area contributed by atoms with E-state index in [9.17, 15) is 4.79 Å². The number of fused-ring (bicyclic) bond motifs is 1. The predicted octanol–water partition coefficient (Wildman–Crippen LogP) is 5.23. The summed E-state index contributed by atoms with van der Waals surface area (Å²) < 4.78 is 2.27. The second kappa shape index (κ2) is 7.39. The van der Waals surface area contributed by atoms with Gasteiger partial charge in [-0.1, -0.05) is 23.2 Å². The van der Waals surface area contributed by atoms with E-state index < -0.39 is 6.17 Å². The van der Waals surface area contributed by atoms with Gasteiger partial charge in [-0.2, -0.15) is 5.10 Å². The first-order valence-electron chi connectivity index (χ1n) is 8.64. The molecule has 1 amide bonds. The lowest BCUT2D eigenvalue weighted by atomic mass is 10.0. The zero-order valence-electron chi connectivity index (χ0n) is 15.1. The smallest absolute Gasteiger partial charge is 0.257 e. The van der Waals surface area contributed by atoms with E-state index in [1.165, 1.54) is 0 Å². The van der Waals surface area contributed by atoms with Crippen molar-refractivity contribution in [2.75, 3.05) is 11.9 Å². The molecule has 1 atom stereocenters. The van der Waals surface area contributed by atoms with E-state index in [4.69, 9.17) is 23.2 Å². The summed E-state index contributed by atoms with van der Waals surface area (Å²) in [7, 11) is 0. The molecule has 144 valence electrons. The topological polar surface area (TPSA) is 63.1 Å². The van der Waals surface area contributed by atoms with Crippen molar-refractivity contribution in [3.8, 4) is 5.82 Å². The van der Waals surface area contributed by atoms with E-state index in [2.05, 4.69) is 31.3 Å². The van der Waals surface area contributed by atoms with E-state index in [1.807, 2.05) is 26.0 Å². The lowest BCUT2D eigenvalue weighted by molar-refractivity contribution is 0.0689. The Hall–Kier alpha value is -2.09. The van der Waals surface area contributed by atoms with E-state index in [-0.39, 0.29) is 5.91 Å². The number of nitrogens with zero attached hydrogens (tertiary/aromatic N) is 4. The number of halogens is 3. The van der Waals surface area contributed by atoms with Crippen LogP contribution in [0.2, 0.25) is 10.0 Å². The van der Waals surface area contributed by atoms with Crippen LogP contribution in [0.5, 0.6) is 0 Å². The summed E-state index contributed by atoms with van der Waals surface area (Å²) in [5, 5.41) is 8.97. The minimum atomic E-state index is -0.443. The zero-order valence-corrected chi connectivity index (χ0v) is 18.2. The van der Waals surface area contributed by atoms with Gasteiger partial charge in [0.05, 0.1) is 22.0 Å². The van der Waals surface area contributed by atoms with Crippen molar-refractivity contribution >= 4 is 50.7 Å². The number of hydrogen-bond acceptors (Lipinski definition) is 4. The summed E-state index contributed by atoms with van der Waals surface area (Å²) in [6.45, 7) is 4.35. The standard InChI is InChI=1S/C19H16BrCl2N5O/c1-3-26-18(24-16-10(2)7-11(21)8-12(16)19(26)28)14-9-15(20)25-27(14)17-13(22)5-4-6-23-17/h4-9,18,24H,3H2,1-2H3. The molecule has 28 heavy (non-hydrogen) atoms. The number of carbonyl (C=O) groups excluding carboxylic acids is 1. The van der Waals surface area contributed by atoms with Crippen LogP contribution in [0.4, 0.5) is 5.69 Å². The van der Waals surface area contributed by atoms with Gasteiger partial charge in [-0.15, -0.1) is 0 Å². The van der Waals surface area contributed by atoms with Crippen LogP contribution in [-0.4, -0.2) is 32.1 Å². The van der Waals surface area contributed by atoms with Crippen molar-refractivity contribution in [1.29, 1.82) is 0 Å². The third kappa shape index (κ3) is 3.17. The van der Waals surface area contributed by atoms with Gasteiger partial charge >= 0.3 is 0 Å². The van der Waals surface area contributed by atoms with Crippen LogP contribution in [0.15, 0.2) is 41.1 Å². The van der Waals surface area contributed by atoms with Gasteiger partial charge < -0.3 is 10.2 Å². The highest BCUT2D eigenvalue weighted by atomic mass is 79.9. The molecule has 3 aromatic rings. The molecule has 1 unspecified atom stereocenters. The Bertz CT molecular complexity index is 1080. The second-order valence-corrected chi connectivity index (χ2v) is 8.05. The molecule has 1 aliphatic heterocycles. The maximum Gasteiger partial charge on any atom is 0.257 e. The molecule has 0 spiro atoms. The molecule has 1 aliphatic rings. The monoisotopic (exact) mass is 479 g/mol. The molecular formula is C19H16BrCl2N5O. The molecule has 2 aromatic heterocycles. The summed E-state index contributed by atoms with van der Waals surface area (Å²) in [5.74, 6) is 0.400. The Balaban J connectivity index is 1.88. The maximum atomic E-state index is 13.2. The summed E-state index contributed by atoms with van der Waals surface area (Å²) in [4.78, 5) is 19.3. The number of hydrogen-bond donors (Lipinski definition) is 1. The lowest BCUT2D eigenvalue weighted by Gasteiger charge is -2.38. The van der Waals surface area contributed by atoms with Gasteiger partial charge in [0.25, 0.3) is 5.91 Å². The van der Waals surface area contributed by atoms with Crippen molar-refractivity contribution < 1.29 is 4.79 Å². The Morgan fingerprint density at radius 1 is 1.29 bits per heavy atom. The van der Waals surface area contributed by atoms with Gasteiger partial charge in [-0.05, 0) is 65.7 Å². The maximum absolute atomic E-state index is 13.2. The highest BCUT2D eigenvalue weighted by molar-refractivity contribution is 9.10. The second-order valence-electron chi connectivity index (χ2n) is 6.40. The van der Waals surface area contributed by atoms with Crippen molar-refractivity contribution in [3.63, 3.8) is 0 Å². The Morgan fingerprint density at radius 3 is 2.79 bits per heavy atom. The Kier molecular flexibility index (Phi) is 5.07. The molecular weight excluding hydrogens is 465 g/mol. The van der Waals surface area contributed by atoms with Gasteiger partial charge in [0, 0.05) is 17.8 Å². The number of nitrogens with one attached hydrogen (secondary N) is 1. The molecule has 3 heterocycles. The number of pyridine rings is 1. The zero-order chi connectivity index (χ0) is 20.0. The van der Waals surface area contributed by atoms with Gasteiger partial charge in [-0.25, -0.2) is 9.67 Å².